The maximum absolute atomic E-state index is 11.8. The van der Waals surface area contributed by atoms with Crippen molar-refractivity contribution >= 4 is 41.2 Å². The summed E-state index contributed by atoms with van der Waals surface area (Å²) in [7, 11) is 0. The molecule has 0 fully saturated rings. The van der Waals surface area contributed by atoms with E-state index in [0.717, 1.165) is 0 Å². The van der Waals surface area contributed by atoms with Crippen LogP contribution in [0.5, 0.6) is 0 Å². The molecule has 0 saturated heterocycles. The van der Waals surface area contributed by atoms with Gasteiger partial charge in [-0.3, -0.25) is 4.79 Å². The first kappa shape index (κ1) is 17.5. The summed E-state index contributed by atoms with van der Waals surface area (Å²) >= 11 is 11.7. The molecule has 0 aliphatic rings. The zero-order valence-electron chi connectivity index (χ0n) is 12.0. The molecule has 1 aromatic carbocycles. The second-order valence-electron chi connectivity index (χ2n) is 5.65. The molecule has 0 aliphatic heterocycles. The first-order valence-electron chi connectivity index (χ1n) is 6.27. The Balaban J connectivity index is 2.78. The third-order valence-corrected chi connectivity index (χ3v) is 3.51. The van der Waals surface area contributed by atoms with Gasteiger partial charge >= 0.3 is 5.97 Å². The van der Waals surface area contributed by atoms with E-state index in [-0.39, 0.29) is 0 Å². The summed E-state index contributed by atoms with van der Waals surface area (Å²) in [6.07, 6.45) is 2.81. The van der Waals surface area contributed by atoms with E-state index < -0.39 is 23.3 Å². The average molecular weight is 330 g/mol. The highest BCUT2D eigenvalue weighted by molar-refractivity contribution is 6.42. The first-order chi connectivity index (χ1) is 9.61. The summed E-state index contributed by atoms with van der Waals surface area (Å²) < 4.78 is 0. The monoisotopic (exact) mass is 329 g/mol. The number of halogens is 2. The van der Waals surface area contributed by atoms with Crippen molar-refractivity contribution in [3.8, 4) is 0 Å². The Morgan fingerprint density at radius 1 is 1.24 bits per heavy atom. The van der Waals surface area contributed by atoms with Crippen molar-refractivity contribution in [2.75, 3.05) is 0 Å². The third-order valence-electron chi connectivity index (χ3n) is 2.77. The van der Waals surface area contributed by atoms with Gasteiger partial charge in [-0.2, -0.15) is 0 Å². The number of nitrogens with one attached hydrogen (secondary N) is 1. The standard InChI is InChI=1S/C15H17Cl2NO3/c1-15(2,3)13(14(20)21)18-12(19)7-5-9-4-6-10(16)11(17)8-9/h4-8,13H,1-3H3,(H,18,19)(H,20,21)/b7-5+/t13-/m0/s1. The molecule has 4 nitrogen and oxygen atoms in total. The van der Waals surface area contributed by atoms with Crippen LogP contribution in [-0.4, -0.2) is 23.0 Å². The summed E-state index contributed by atoms with van der Waals surface area (Å²) in [4.78, 5) is 23.0. The Bertz CT molecular complexity index is 577. The van der Waals surface area contributed by atoms with Crippen molar-refractivity contribution in [3.05, 3.63) is 39.9 Å². The van der Waals surface area contributed by atoms with Crippen LogP contribution in [0.15, 0.2) is 24.3 Å². The van der Waals surface area contributed by atoms with Crippen LogP contribution in [0, 0.1) is 5.41 Å². The zero-order valence-corrected chi connectivity index (χ0v) is 13.5. The molecule has 0 saturated carbocycles. The maximum atomic E-state index is 11.8. The number of carbonyl (C=O) groups excluding carboxylic acids is 1. The first-order valence-corrected chi connectivity index (χ1v) is 7.03. The number of carboxylic acids is 1. The van der Waals surface area contributed by atoms with E-state index in [0.29, 0.717) is 15.6 Å². The maximum Gasteiger partial charge on any atom is 0.326 e. The van der Waals surface area contributed by atoms with Crippen LogP contribution in [0.3, 0.4) is 0 Å². The number of carbonyl (C=O) groups is 2. The van der Waals surface area contributed by atoms with Gasteiger partial charge in [0.1, 0.15) is 6.04 Å². The predicted molar refractivity (Wildman–Crippen MR) is 84.5 cm³/mol. The highest BCUT2D eigenvalue weighted by Crippen LogP contribution is 2.23. The van der Waals surface area contributed by atoms with Crippen LogP contribution in [0.2, 0.25) is 10.0 Å². The fraction of sp³-hybridized carbons (Fsp3) is 0.333. The zero-order chi connectivity index (χ0) is 16.2. The largest absolute Gasteiger partial charge is 0.480 e. The molecule has 0 bridgehead atoms. The van der Waals surface area contributed by atoms with Gasteiger partial charge in [-0.1, -0.05) is 50.0 Å². The van der Waals surface area contributed by atoms with Gasteiger partial charge in [0.15, 0.2) is 0 Å². The number of benzene rings is 1. The summed E-state index contributed by atoms with van der Waals surface area (Å²) in [5.74, 6) is -1.55. The van der Waals surface area contributed by atoms with E-state index >= 15 is 0 Å². The molecule has 0 heterocycles. The Morgan fingerprint density at radius 3 is 2.33 bits per heavy atom. The van der Waals surface area contributed by atoms with Crippen molar-refractivity contribution in [2.24, 2.45) is 5.41 Å². The lowest BCUT2D eigenvalue weighted by molar-refractivity contribution is -0.144. The molecule has 21 heavy (non-hydrogen) atoms. The molecule has 1 aromatic rings. The third kappa shape index (κ3) is 5.40. The van der Waals surface area contributed by atoms with Crippen LogP contribution >= 0.6 is 23.2 Å². The topological polar surface area (TPSA) is 66.4 Å². The molecule has 0 spiro atoms. The molecule has 2 N–H and O–H groups in total. The van der Waals surface area contributed by atoms with Crippen molar-refractivity contribution in [1.82, 2.24) is 5.32 Å². The summed E-state index contributed by atoms with van der Waals surface area (Å²) in [5.41, 5.74) is 0.112. The van der Waals surface area contributed by atoms with E-state index in [1.807, 2.05) is 0 Å². The van der Waals surface area contributed by atoms with Crippen molar-refractivity contribution in [2.45, 2.75) is 26.8 Å². The van der Waals surface area contributed by atoms with E-state index in [1.165, 1.54) is 6.08 Å². The van der Waals surface area contributed by atoms with Crippen LogP contribution in [0.25, 0.3) is 6.08 Å². The smallest absolute Gasteiger partial charge is 0.326 e. The van der Waals surface area contributed by atoms with Crippen LogP contribution in [-0.2, 0) is 9.59 Å². The van der Waals surface area contributed by atoms with Gasteiger partial charge in [0.05, 0.1) is 10.0 Å². The van der Waals surface area contributed by atoms with E-state index in [1.54, 1.807) is 45.0 Å². The van der Waals surface area contributed by atoms with E-state index in [4.69, 9.17) is 28.3 Å². The van der Waals surface area contributed by atoms with Crippen LogP contribution in [0.1, 0.15) is 26.3 Å². The van der Waals surface area contributed by atoms with Gasteiger partial charge in [-0.05, 0) is 29.2 Å². The summed E-state index contributed by atoms with van der Waals surface area (Å²) in [6.45, 7) is 5.23. The second-order valence-corrected chi connectivity index (χ2v) is 6.47. The lowest BCUT2D eigenvalue weighted by Crippen LogP contribution is -2.48. The van der Waals surface area contributed by atoms with E-state index in [9.17, 15) is 9.59 Å². The average Bonchev–Trinajstić information content (AvgIpc) is 2.35. The van der Waals surface area contributed by atoms with Crippen LogP contribution in [0.4, 0.5) is 0 Å². The normalized spacial score (nSPS) is 13.2. The predicted octanol–water partition coefficient (Wildman–Crippen LogP) is 3.62. The SMILES string of the molecule is CC(C)(C)[C@@H](NC(=O)/C=C/c1ccc(Cl)c(Cl)c1)C(=O)O. The van der Waals surface area contributed by atoms with Gasteiger partial charge in [0, 0.05) is 6.08 Å². The van der Waals surface area contributed by atoms with Crippen molar-refractivity contribution < 1.29 is 14.7 Å². The summed E-state index contributed by atoms with van der Waals surface area (Å²) in [6, 6.07) is 3.97. The number of hydrogen-bond donors (Lipinski definition) is 2. The molecular formula is C15H17Cl2NO3. The minimum Gasteiger partial charge on any atom is -0.480 e. The van der Waals surface area contributed by atoms with Crippen molar-refractivity contribution in [1.29, 1.82) is 0 Å². The lowest BCUT2D eigenvalue weighted by atomic mass is 9.87. The molecule has 0 aliphatic carbocycles. The minimum atomic E-state index is -1.07. The number of rotatable bonds is 4. The fourth-order valence-electron chi connectivity index (χ4n) is 1.63. The number of aliphatic carboxylic acids is 1. The number of carboxylic acid groups (broad SMARTS) is 1. The summed E-state index contributed by atoms with van der Waals surface area (Å²) in [5, 5.41) is 12.4. The second kappa shape index (κ2) is 6.96. The minimum absolute atomic E-state index is 0.386. The van der Waals surface area contributed by atoms with E-state index in [2.05, 4.69) is 5.32 Å². The molecule has 0 aromatic heterocycles. The molecule has 0 unspecified atom stereocenters. The number of hydrogen-bond acceptors (Lipinski definition) is 2. The van der Waals surface area contributed by atoms with Gasteiger partial charge in [-0.15, -0.1) is 0 Å². The molecule has 1 atom stereocenters. The Labute approximate surface area is 133 Å². The van der Waals surface area contributed by atoms with Crippen molar-refractivity contribution in [3.63, 3.8) is 0 Å². The molecule has 1 rings (SSSR count). The Morgan fingerprint density at radius 2 is 1.86 bits per heavy atom. The lowest BCUT2D eigenvalue weighted by Gasteiger charge is -2.27. The number of amides is 1. The molecule has 6 heteroatoms. The Hall–Kier alpha value is -1.52. The molecule has 114 valence electrons. The van der Waals surface area contributed by atoms with Crippen LogP contribution < -0.4 is 5.32 Å². The van der Waals surface area contributed by atoms with Gasteiger partial charge in [0.2, 0.25) is 5.91 Å². The van der Waals surface area contributed by atoms with Gasteiger partial charge < -0.3 is 10.4 Å². The Kier molecular flexibility index (Phi) is 5.81. The molecule has 0 radical (unpaired) electrons. The quantitative estimate of drug-likeness (QED) is 0.829. The highest BCUT2D eigenvalue weighted by Gasteiger charge is 2.31. The molecular weight excluding hydrogens is 313 g/mol. The van der Waals surface area contributed by atoms with Gasteiger partial charge in [0.25, 0.3) is 0 Å². The highest BCUT2D eigenvalue weighted by atomic mass is 35.5. The fourth-order valence-corrected chi connectivity index (χ4v) is 1.93. The molecule has 1 amide bonds. The van der Waals surface area contributed by atoms with Gasteiger partial charge in [-0.25, -0.2) is 4.79 Å².